The Hall–Kier alpha value is -2.45. The summed E-state index contributed by atoms with van der Waals surface area (Å²) in [4.78, 5) is 35.8. The van der Waals surface area contributed by atoms with E-state index in [2.05, 4.69) is 50.0 Å². The van der Waals surface area contributed by atoms with E-state index in [1.54, 1.807) is 0 Å². The number of phosphoric ester groups is 1. The van der Waals surface area contributed by atoms with Gasteiger partial charge in [-0.05, 0) is 64.2 Å². The molecule has 0 aromatic rings. The Morgan fingerprint density at radius 1 is 0.523 bits per heavy atom. The Labute approximate surface area is 392 Å². The molecule has 6 unspecified atom stereocenters. The minimum atomic E-state index is -5.14. The predicted octanol–water partition coefficient (Wildman–Crippen LogP) is 10.5. The fourth-order valence-electron chi connectivity index (χ4n) is 7.44. The Morgan fingerprint density at radius 3 is 1.42 bits per heavy atom. The molecular weight excluding hydrogens is 852 g/mol. The molecule has 1 rings (SSSR count). The summed E-state index contributed by atoms with van der Waals surface area (Å²) in [5.74, 6) is -1.17. The van der Waals surface area contributed by atoms with E-state index in [1.807, 2.05) is 18.2 Å². The van der Waals surface area contributed by atoms with Crippen molar-refractivity contribution in [3.05, 3.63) is 61.3 Å². The zero-order chi connectivity index (χ0) is 47.8. The first-order valence-electron chi connectivity index (χ1n) is 25.1. The molecule has 0 aromatic heterocycles. The Kier molecular flexibility index (Phi) is 37.8. The smallest absolute Gasteiger partial charge is 0.462 e. The van der Waals surface area contributed by atoms with E-state index in [9.17, 15) is 44.6 Å². The Balaban J connectivity index is 2.45. The highest BCUT2D eigenvalue weighted by atomic mass is 31.2. The van der Waals surface area contributed by atoms with Gasteiger partial charge in [-0.1, -0.05) is 171 Å². The van der Waals surface area contributed by atoms with Crippen molar-refractivity contribution in [3.8, 4) is 0 Å². The van der Waals surface area contributed by atoms with E-state index in [1.165, 1.54) is 96.3 Å². The van der Waals surface area contributed by atoms with Gasteiger partial charge in [0.25, 0.3) is 0 Å². The van der Waals surface area contributed by atoms with Gasteiger partial charge in [0, 0.05) is 12.8 Å². The van der Waals surface area contributed by atoms with Crippen LogP contribution in [0.2, 0.25) is 0 Å². The number of hydrogen-bond acceptors (Lipinski definition) is 12. The molecule has 1 aliphatic carbocycles. The van der Waals surface area contributed by atoms with Gasteiger partial charge in [-0.25, -0.2) is 4.57 Å². The van der Waals surface area contributed by atoms with Crippen LogP contribution in [0, 0.1) is 0 Å². The molecule has 1 fully saturated rings. The van der Waals surface area contributed by atoms with Crippen molar-refractivity contribution in [2.24, 2.45) is 0 Å². The Bertz CT molecular complexity index is 1350. The van der Waals surface area contributed by atoms with Gasteiger partial charge in [-0.15, -0.1) is 6.58 Å². The van der Waals surface area contributed by atoms with Crippen molar-refractivity contribution < 1.29 is 63.1 Å². The standard InChI is InChI=1S/C51H89O13P/c1-3-5-7-9-11-13-15-17-19-20-21-22-23-24-26-27-29-31-33-35-37-39-44(52)61-41-43(42-62-65(59,60)64-51-49(57)47(55)46(54)48(56)50(51)58)63-45(53)40-38-36-34-32-30-28-25-18-16-14-12-10-8-6-4-2/h4,19-20,22-23,26-27,31,33,43,46-51,54-58H,2-3,5-18,21,24-25,28-30,32,34-42H2,1H3,(H,59,60)/b20-19+,23-22+,27-26+,33-31+/t43-,46?,47-,48?,49?,50?,51?/m0/s1. The zero-order valence-electron chi connectivity index (χ0n) is 39.9. The van der Waals surface area contributed by atoms with Gasteiger partial charge in [0.1, 0.15) is 43.2 Å². The largest absolute Gasteiger partial charge is 0.472 e. The lowest BCUT2D eigenvalue weighted by Crippen LogP contribution is -2.64. The molecule has 0 aliphatic heterocycles. The molecule has 1 saturated carbocycles. The SMILES string of the molecule is C=CCCCCCCCCCCCCCCCC(=O)O[C@@H](COC(=O)CCC/C=C/C/C=C/C/C=C/C/C=C/CCCCCCCCC)COP(=O)(O)OC1C(O)C(O)C(O)[C@H](O)C1O. The van der Waals surface area contributed by atoms with E-state index in [0.717, 1.165) is 57.8 Å². The number of aliphatic hydroxyl groups is 5. The minimum absolute atomic E-state index is 0.0817. The van der Waals surface area contributed by atoms with E-state index < -0.39 is 75.7 Å². The minimum Gasteiger partial charge on any atom is -0.462 e. The number of aliphatic hydroxyl groups excluding tert-OH is 5. The van der Waals surface area contributed by atoms with Crippen LogP contribution in [0.25, 0.3) is 0 Å². The first-order valence-corrected chi connectivity index (χ1v) is 26.5. The summed E-state index contributed by atoms with van der Waals surface area (Å²) < 4.78 is 33.5. The fraction of sp³-hybridized carbons (Fsp3) is 0.765. The van der Waals surface area contributed by atoms with Crippen molar-refractivity contribution in [3.63, 3.8) is 0 Å². The third-order valence-electron chi connectivity index (χ3n) is 11.5. The maximum atomic E-state index is 12.8. The third kappa shape index (κ3) is 32.8. The number of carbonyl (C=O) groups is 2. The summed E-state index contributed by atoms with van der Waals surface area (Å²) in [5.41, 5.74) is 0. The molecule has 0 spiro atoms. The van der Waals surface area contributed by atoms with Crippen LogP contribution in [-0.2, 0) is 32.7 Å². The van der Waals surface area contributed by atoms with E-state index in [4.69, 9.17) is 18.5 Å². The highest BCUT2D eigenvalue weighted by Crippen LogP contribution is 2.47. The van der Waals surface area contributed by atoms with Crippen LogP contribution in [-0.4, -0.2) is 98.3 Å². The van der Waals surface area contributed by atoms with Crippen LogP contribution in [0.4, 0.5) is 0 Å². The first kappa shape index (κ1) is 60.6. The molecule has 8 atom stereocenters. The molecule has 0 saturated heterocycles. The topological polar surface area (TPSA) is 210 Å². The Morgan fingerprint density at radius 2 is 0.923 bits per heavy atom. The molecule has 1 aliphatic rings. The lowest BCUT2D eigenvalue weighted by Gasteiger charge is -2.41. The summed E-state index contributed by atoms with van der Waals surface area (Å²) in [7, 11) is -5.14. The van der Waals surface area contributed by atoms with Gasteiger partial charge in [0.05, 0.1) is 6.61 Å². The summed E-state index contributed by atoms with van der Waals surface area (Å²) in [5, 5.41) is 50.2. The average Bonchev–Trinajstić information content (AvgIpc) is 3.29. The lowest BCUT2D eigenvalue weighted by molar-refractivity contribution is -0.220. The maximum Gasteiger partial charge on any atom is 0.472 e. The second kappa shape index (κ2) is 40.6. The van der Waals surface area contributed by atoms with Gasteiger partial charge >= 0.3 is 19.8 Å². The monoisotopic (exact) mass is 941 g/mol. The highest BCUT2D eigenvalue weighted by molar-refractivity contribution is 7.47. The highest BCUT2D eigenvalue weighted by Gasteiger charge is 2.51. The van der Waals surface area contributed by atoms with Gasteiger partial charge in [0.2, 0.25) is 0 Å². The average molecular weight is 941 g/mol. The quantitative estimate of drug-likeness (QED) is 0.0146. The maximum absolute atomic E-state index is 12.8. The predicted molar refractivity (Wildman–Crippen MR) is 258 cm³/mol. The summed E-state index contributed by atoms with van der Waals surface area (Å²) >= 11 is 0. The number of unbranched alkanes of at least 4 members (excludes halogenated alkanes) is 21. The van der Waals surface area contributed by atoms with Gasteiger partial charge in [-0.2, -0.15) is 0 Å². The van der Waals surface area contributed by atoms with Gasteiger partial charge < -0.3 is 39.9 Å². The third-order valence-corrected chi connectivity index (χ3v) is 12.5. The number of allylic oxidation sites excluding steroid dienone is 9. The number of ether oxygens (including phenoxy) is 2. The van der Waals surface area contributed by atoms with Crippen LogP contribution in [0.1, 0.15) is 193 Å². The molecule has 13 nitrogen and oxygen atoms in total. The molecule has 0 aromatic carbocycles. The zero-order valence-corrected chi connectivity index (χ0v) is 40.7. The lowest BCUT2D eigenvalue weighted by atomic mass is 9.85. The molecule has 6 N–H and O–H groups in total. The van der Waals surface area contributed by atoms with Crippen LogP contribution >= 0.6 is 7.82 Å². The van der Waals surface area contributed by atoms with E-state index >= 15 is 0 Å². The molecule has 376 valence electrons. The van der Waals surface area contributed by atoms with Crippen LogP contribution < -0.4 is 0 Å². The summed E-state index contributed by atoms with van der Waals surface area (Å²) in [6.45, 7) is 4.79. The number of esters is 2. The molecule has 0 amide bonds. The van der Waals surface area contributed by atoms with E-state index in [-0.39, 0.29) is 12.8 Å². The number of phosphoric acid groups is 1. The molecular formula is C51H89O13P. The van der Waals surface area contributed by atoms with Gasteiger partial charge in [0.15, 0.2) is 6.10 Å². The second-order valence-corrected chi connectivity index (χ2v) is 18.8. The number of carbonyl (C=O) groups excluding carboxylic acids is 2. The van der Waals surface area contributed by atoms with Crippen molar-refractivity contribution in [1.29, 1.82) is 0 Å². The van der Waals surface area contributed by atoms with Crippen molar-refractivity contribution in [2.45, 2.75) is 236 Å². The fourth-order valence-corrected chi connectivity index (χ4v) is 8.41. The molecule has 0 radical (unpaired) electrons. The molecule has 0 bridgehead atoms. The van der Waals surface area contributed by atoms with Crippen LogP contribution in [0.5, 0.6) is 0 Å². The summed E-state index contributed by atoms with van der Waals surface area (Å²) in [6.07, 6.45) is 36.0. The molecule has 14 heteroatoms. The second-order valence-electron chi connectivity index (χ2n) is 17.4. The van der Waals surface area contributed by atoms with Crippen molar-refractivity contribution in [1.82, 2.24) is 0 Å². The van der Waals surface area contributed by atoms with Gasteiger partial charge in [-0.3, -0.25) is 18.6 Å². The van der Waals surface area contributed by atoms with E-state index in [0.29, 0.717) is 19.3 Å². The number of hydrogen-bond donors (Lipinski definition) is 6. The van der Waals surface area contributed by atoms with Crippen LogP contribution in [0.3, 0.4) is 0 Å². The van der Waals surface area contributed by atoms with Crippen molar-refractivity contribution >= 4 is 19.8 Å². The summed E-state index contributed by atoms with van der Waals surface area (Å²) in [6, 6.07) is 0. The first-order chi connectivity index (χ1) is 31.4. The molecule has 65 heavy (non-hydrogen) atoms. The molecule has 0 heterocycles. The van der Waals surface area contributed by atoms with Crippen molar-refractivity contribution in [2.75, 3.05) is 13.2 Å². The number of rotatable bonds is 42. The van der Waals surface area contributed by atoms with Crippen LogP contribution in [0.15, 0.2) is 61.3 Å². The normalized spacial score (nSPS) is 21.7.